The lowest BCUT2D eigenvalue weighted by Crippen LogP contribution is -3.23. The normalized spacial score (nSPS) is 30.1. The van der Waals surface area contributed by atoms with E-state index in [1.54, 1.807) is 0 Å². The van der Waals surface area contributed by atoms with Gasteiger partial charge < -0.3 is 44.8 Å². The molecule has 0 spiro atoms. The molecule has 16 nitrogen and oxygen atoms in total. The van der Waals surface area contributed by atoms with Crippen LogP contribution < -0.4 is 5.06 Å². The molecule has 4 heterocycles. The van der Waals surface area contributed by atoms with Gasteiger partial charge in [-0.3, -0.25) is 19.2 Å². The van der Waals surface area contributed by atoms with Crippen LogP contribution in [0.2, 0.25) is 0 Å². The van der Waals surface area contributed by atoms with E-state index in [1.807, 2.05) is 111 Å². The zero-order chi connectivity index (χ0) is 46.0. The fourth-order valence-electron chi connectivity index (χ4n) is 11.3. The van der Waals surface area contributed by atoms with E-state index in [4.69, 9.17) is 29.4 Å². The van der Waals surface area contributed by atoms with Gasteiger partial charge in [-0.15, -0.1) is 0 Å². The highest BCUT2D eigenvalue weighted by molar-refractivity contribution is 5.88. The van der Waals surface area contributed by atoms with Crippen molar-refractivity contribution in [2.45, 2.75) is 244 Å². The molecule has 4 rings (SSSR count). The van der Waals surface area contributed by atoms with Crippen LogP contribution >= 0.6 is 0 Å². The van der Waals surface area contributed by atoms with Crippen molar-refractivity contribution in [1.29, 1.82) is 0 Å². The van der Waals surface area contributed by atoms with Gasteiger partial charge in [-0.05, 0) is 111 Å². The number of carbonyl (C=O) groups is 4. The maximum atomic E-state index is 14.7. The minimum Gasteiger partial charge on any atom is -0.634 e. The number of quaternary nitrogens is 1. The fourth-order valence-corrected chi connectivity index (χ4v) is 11.3. The number of hydrogen-bond acceptors (Lipinski definition) is 13. The first-order chi connectivity index (χ1) is 26.9. The van der Waals surface area contributed by atoms with Crippen molar-refractivity contribution in [3.63, 3.8) is 0 Å². The number of piperidine rings is 4. The number of carbonyl (C=O) groups excluding carboxylic acids is 4. The number of nitrogens with one attached hydrogen (secondary N) is 1. The Bertz CT molecular complexity index is 1420. The van der Waals surface area contributed by atoms with E-state index >= 15 is 0 Å². The SMILES string of the molecule is CC1(C)CC(OC(=O)CC(C(=O)OC2CC(C)(C)N([OH2+])C(C)(C)C2)C(CC(=O)OC2CC(C)(C)N([OH2+])C(C)(C)C2)C(=O)OC2CC(C)(C)[NH+]([O-])C(C)(C)C2)CC(C)(C)N1O. The van der Waals surface area contributed by atoms with E-state index in [0.717, 1.165) is 0 Å². The van der Waals surface area contributed by atoms with Gasteiger partial charge in [0.1, 0.15) is 24.4 Å². The quantitative estimate of drug-likeness (QED) is 0.131. The van der Waals surface area contributed by atoms with Crippen LogP contribution in [0.25, 0.3) is 0 Å². The third kappa shape index (κ3) is 11.2. The van der Waals surface area contributed by atoms with Crippen molar-refractivity contribution in [1.82, 2.24) is 15.2 Å². The summed E-state index contributed by atoms with van der Waals surface area (Å²) >= 11 is 0. The van der Waals surface area contributed by atoms with Gasteiger partial charge in [-0.1, -0.05) is 10.1 Å². The fraction of sp³-hybridized carbons (Fsp3) is 0.909. The van der Waals surface area contributed by atoms with E-state index in [-0.39, 0.29) is 17.9 Å². The summed E-state index contributed by atoms with van der Waals surface area (Å²) in [6.07, 6.45) is -1.41. The first-order valence-corrected chi connectivity index (χ1v) is 21.8. The van der Waals surface area contributed by atoms with Crippen LogP contribution in [0.1, 0.15) is 175 Å². The third-order valence-electron chi connectivity index (χ3n) is 13.7. The lowest BCUT2D eigenvalue weighted by atomic mass is 9.79. The summed E-state index contributed by atoms with van der Waals surface area (Å²) in [5.41, 5.74) is -5.74. The zero-order valence-electron chi connectivity index (χ0n) is 39.5. The Balaban J connectivity index is 1.72. The third-order valence-corrected chi connectivity index (χ3v) is 13.7. The summed E-state index contributed by atoms with van der Waals surface area (Å²) in [4.78, 5) is 57.6. The van der Waals surface area contributed by atoms with E-state index < -0.39 is 117 Å². The molecule has 346 valence electrons. The van der Waals surface area contributed by atoms with Gasteiger partial charge in [0.05, 0.1) is 57.9 Å². The van der Waals surface area contributed by atoms with Gasteiger partial charge in [0.2, 0.25) is 0 Å². The van der Waals surface area contributed by atoms with Crippen molar-refractivity contribution in [3.05, 3.63) is 5.21 Å². The second kappa shape index (κ2) is 16.9. The van der Waals surface area contributed by atoms with Crippen LogP contribution in [-0.4, -0.2) is 123 Å². The van der Waals surface area contributed by atoms with E-state index in [9.17, 15) is 29.6 Å². The van der Waals surface area contributed by atoms with Crippen LogP contribution in [-0.2, 0) is 38.1 Å². The molecule has 0 aromatic rings. The summed E-state index contributed by atoms with van der Waals surface area (Å²) in [7, 11) is 0. The Labute approximate surface area is 358 Å². The summed E-state index contributed by atoms with van der Waals surface area (Å²) in [6.45, 7) is 29.8. The van der Waals surface area contributed by atoms with Crippen LogP contribution in [0.5, 0.6) is 0 Å². The molecular weight excluding hydrogens is 776 g/mol. The summed E-state index contributed by atoms with van der Waals surface area (Å²) in [6, 6.07) is 0. The zero-order valence-corrected chi connectivity index (χ0v) is 39.5. The highest BCUT2D eigenvalue weighted by atomic mass is 16.6. The molecular formula is C44H80N4O12+2. The molecule has 0 radical (unpaired) electrons. The Hall–Kier alpha value is -2.44. The molecule has 4 aliphatic heterocycles. The highest BCUT2D eigenvalue weighted by Crippen LogP contribution is 2.42. The average molecular weight is 857 g/mol. The van der Waals surface area contributed by atoms with E-state index in [2.05, 4.69) is 0 Å². The van der Waals surface area contributed by atoms with Crippen LogP contribution in [0.15, 0.2) is 0 Å². The Morgan fingerprint density at radius 3 is 1.07 bits per heavy atom. The molecule has 4 aliphatic rings. The molecule has 2 atom stereocenters. The Kier molecular flexibility index (Phi) is 14.2. The predicted molar refractivity (Wildman–Crippen MR) is 224 cm³/mol. The first-order valence-electron chi connectivity index (χ1n) is 21.8. The molecule has 60 heavy (non-hydrogen) atoms. The molecule has 2 unspecified atom stereocenters. The molecule has 0 saturated carbocycles. The maximum absolute atomic E-state index is 14.7. The molecule has 0 bridgehead atoms. The van der Waals surface area contributed by atoms with Gasteiger partial charge in [0.25, 0.3) is 0 Å². The second-order valence-corrected chi connectivity index (χ2v) is 23.5. The molecule has 0 aliphatic carbocycles. The second-order valence-electron chi connectivity index (χ2n) is 23.5. The number of hydrogen-bond donors (Lipinski definition) is 2. The number of hydroxylamine groups is 8. The van der Waals surface area contributed by atoms with Crippen molar-refractivity contribution in [2.75, 3.05) is 0 Å². The van der Waals surface area contributed by atoms with Crippen molar-refractivity contribution >= 4 is 23.9 Å². The van der Waals surface area contributed by atoms with Gasteiger partial charge in [0, 0.05) is 62.4 Å². The Morgan fingerprint density at radius 2 is 0.767 bits per heavy atom. The van der Waals surface area contributed by atoms with Gasteiger partial charge >= 0.3 is 23.9 Å². The summed E-state index contributed by atoms with van der Waals surface area (Å²) < 4.78 is 24.5. The van der Waals surface area contributed by atoms with Gasteiger partial charge in [-0.25, -0.2) is 0 Å². The minimum absolute atomic E-state index is 0.0409. The van der Waals surface area contributed by atoms with Gasteiger partial charge in [-0.2, -0.15) is 5.06 Å². The first kappa shape index (κ1) is 50.2. The molecule has 0 amide bonds. The van der Waals surface area contributed by atoms with Gasteiger partial charge in [0.15, 0.2) is 0 Å². The molecule has 4 saturated heterocycles. The van der Waals surface area contributed by atoms with E-state index in [0.29, 0.717) is 38.5 Å². The highest BCUT2D eigenvalue weighted by Gasteiger charge is 2.54. The lowest BCUT2D eigenvalue weighted by Gasteiger charge is -2.54. The minimum atomic E-state index is -1.52. The number of esters is 4. The maximum Gasteiger partial charge on any atom is 0.310 e. The van der Waals surface area contributed by atoms with Crippen molar-refractivity contribution in [3.8, 4) is 0 Å². The van der Waals surface area contributed by atoms with Crippen LogP contribution in [0.4, 0.5) is 0 Å². The monoisotopic (exact) mass is 857 g/mol. The average Bonchev–Trinajstić information content (AvgIpc) is 3.04. The van der Waals surface area contributed by atoms with E-state index in [1.165, 1.54) is 15.2 Å². The van der Waals surface area contributed by atoms with Crippen molar-refractivity contribution in [2.24, 2.45) is 11.8 Å². The topological polar surface area (TPSA) is 208 Å². The van der Waals surface area contributed by atoms with Crippen LogP contribution in [0.3, 0.4) is 0 Å². The largest absolute Gasteiger partial charge is 0.634 e. The number of rotatable bonds is 11. The Morgan fingerprint density at radius 1 is 0.517 bits per heavy atom. The molecule has 16 heteroatoms. The number of ether oxygens (including phenoxy) is 4. The standard InChI is InChI=1S/C44H78N4O12/c1-37(2)19-27(20-38(3,4)45(37)53)57-33(49)17-31(35(51)59-29-23-41(9,10)47(55)42(11,12)24-29)32(36(52)60-30-25-43(13,14)48(56)44(15,16)26-30)18-34(50)58-28-21-39(5,6)46(54)40(7,8)22-28/h27-32,47,53-54,56H,17-26H2,1-16H3/p+2. The summed E-state index contributed by atoms with van der Waals surface area (Å²) in [5.74, 6) is -6.33. The number of nitrogens with zero attached hydrogens (tertiary/aromatic N) is 3. The van der Waals surface area contributed by atoms with Crippen molar-refractivity contribution < 1.29 is 58.8 Å². The predicted octanol–water partition coefficient (Wildman–Crippen LogP) is 4.01. The summed E-state index contributed by atoms with van der Waals surface area (Å²) in [5, 5.41) is 45.9. The smallest absolute Gasteiger partial charge is 0.310 e. The van der Waals surface area contributed by atoms with Crippen LogP contribution in [0, 0.1) is 17.0 Å². The molecule has 6 N–H and O–H groups in total. The molecule has 4 fully saturated rings. The molecule has 0 aromatic carbocycles. The lowest BCUT2D eigenvalue weighted by molar-refractivity contribution is -0.956. The molecule has 0 aromatic heterocycles.